The summed E-state index contributed by atoms with van der Waals surface area (Å²) in [4.78, 5) is 26.1. The van der Waals surface area contributed by atoms with Gasteiger partial charge in [0.1, 0.15) is 0 Å². The van der Waals surface area contributed by atoms with Gasteiger partial charge in [-0.3, -0.25) is 0 Å². The summed E-state index contributed by atoms with van der Waals surface area (Å²) in [5, 5.41) is 5.52. The van der Waals surface area contributed by atoms with Crippen molar-refractivity contribution >= 4 is 12.1 Å². The van der Waals surface area contributed by atoms with Crippen molar-refractivity contribution in [2.24, 2.45) is 0 Å². The van der Waals surface area contributed by atoms with Gasteiger partial charge in [0.15, 0.2) is 0 Å². The topological polar surface area (TPSA) is 64.7 Å². The van der Waals surface area contributed by atoms with Crippen LogP contribution in [-0.2, 0) is 0 Å². The average Bonchev–Trinajstić information content (AvgIpc) is 2.63. The van der Waals surface area contributed by atoms with Crippen molar-refractivity contribution in [1.29, 1.82) is 0 Å². The van der Waals surface area contributed by atoms with Crippen molar-refractivity contribution in [2.45, 2.75) is 6.42 Å². The third-order valence-electron chi connectivity index (χ3n) is 2.75. The van der Waals surface area contributed by atoms with Gasteiger partial charge in [0.2, 0.25) is 0 Å². The molecule has 0 spiro atoms. The van der Waals surface area contributed by atoms with Crippen molar-refractivity contribution in [3.63, 3.8) is 0 Å². The van der Waals surface area contributed by atoms with E-state index >= 15 is 0 Å². The molecule has 2 aliphatic rings. The fraction of sp³-hybridized carbons (Fsp3) is 0.778. The minimum absolute atomic E-state index is 0.0131. The summed E-state index contributed by atoms with van der Waals surface area (Å²) in [5.74, 6) is 0. The van der Waals surface area contributed by atoms with Gasteiger partial charge in [0.25, 0.3) is 0 Å². The number of amides is 4. The van der Waals surface area contributed by atoms with Crippen LogP contribution in [0.4, 0.5) is 9.59 Å². The van der Waals surface area contributed by atoms with E-state index in [0.29, 0.717) is 19.6 Å². The molecule has 0 saturated carbocycles. The molecular weight excluding hydrogens is 196 g/mol. The quantitative estimate of drug-likeness (QED) is 0.658. The Hall–Kier alpha value is -1.46. The van der Waals surface area contributed by atoms with Gasteiger partial charge in [0, 0.05) is 39.3 Å². The molecule has 15 heavy (non-hydrogen) atoms. The van der Waals surface area contributed by atoms with Crippen LogP contribution in [-0.4, -0.2) is 61.1 Å². The number of nitrogens with zero attached hydrogens (tertiary/aromatic N) is 2. The molecular formula is C9H16N4O2. The molecule has 2 saturated heterocycles. The lowest BCUT2D eigenvalue weighted by Crippen LogP contribution is -2.49. The predicted octanol–water partition coefficient (Wildman–Crippen LogP) is -0.573. The largest absolute Gasteiger partial charge is 0.338 e. The maximum Gasteiger partial charge on any atom is 0.317 e. The van der Waals surface area contributed by atoms with Gasteiger partial charge in [-0.2, -0.15) is 0 Å². The Morgan fingerprint density at radius 2 is 1.53 bits per heavy atom. The van der Waals surface area contributed by atoms with E-state index in [-0.39, 0.29) is 12.1 Å². The summed E-state index contributed by atoms with van der Waals surface area (Å²) in [6, 6.07) is -0.0340. The first-order valence-corrected chi connectivity index (χ1v) is 5.33. The number of hydrogen-bond donors (Lipinski definition) is 2. The predicted molar refractivity (Wildman–Crippen MR) is 54.6 cm³/mol. The Morgan fingerprint density at radius 3 is 2.13 bits per heavy atom. The average molecular weight is 212 g/mol. The Morgan fingerprint density at radius 1 is 0.933 bits per heavy atom. The maximum absolute atomic E-state index is 11.4. The minimum atomic E-state index is -0.0209. The van der Waals surface area contributed by atoms with Crippen LogP contribution in [0.25, 0.3) is 0 Å². The highest BCUT2D eigenvalue weighted by molar-refractivity contribution is 5.76. The molecule has 0 aromatic rings. The third kappa shape index (κ3) is 2.31. The second kappa shape index (κ2) is 4.37. The van der Waals surface area contributed by atoms with Gasteiger partial charge in [-0.1, -0.05) is 0 Å². The lowest BCUT2D eigenvalue weighted by Gasteiger charge is -2.28. The number of urea groups is 2. The third-order valence-corrected chi connectivity index (χ3v) is 2.75. The highest BCUT2D eigenvalue weighted by Gasteiger charge is 2.22. The summed E-state index contributed by atoms with van der Waals surface area (Å²) in [5.41, 5.74) is 0. The van der Waals surface area contributed by atoms with Crippen LogP contribution < -0.4 is 10.6 Å². The van der Waals surface area contributed by atoms with Crippen LogP contribution in [0.15, 0.2) is 0 Å². The number of rotatable bonds is 3. The zero-order valence-corrected chi connectivity index (χ0v) is 8.66. The van der Waals surface area contributed by atoms with E-state index in [1.165, 1.54) is 0 Å². The van der Waals surface area contributed by atoms with E-state index < -0.39 is 0 Å². The standard InChI is InChI=1S/C9H16N4O2/c14-8-10-2-1-4-12(8)6-7-13-5-3-11-9(13)15/h1-7H2,(H,10,14)(H,11,15). The molecule has 0 radical (unpaired) electrons. The van der Waals surface area contributed by atoms with Crippen LogP contribution in [0.1, 0.15) is 6.42 Å². The Balaban J connectivity index is 1.76. The first-order chi connectivity index (χ1) is 7.27. The lowest BCUT2D eigenvalue weighted by molar-refractivity contribution is 0.175. The molecule has 0 atom stereocenters. The van der Waals surface area contributed by atoms with Gasteiger partial charge < -0.3 is 20.4 Å². The Labute approximate surface area is 88.6 Å². The van der Waals surface area contributed by atoms with E-state index in [1.807, 2.05) is 0 Å². The van der Waals surface area contributed by atoms with Crippen molar-refractivity contribution in [1.82, 2.24) is 20.4 Å². The van der Waals surface area contributed by atoms with E-state index in [9.17, 15) is 9.59 Å². The molecule has 0 aliphatic carbocycles. The summed E-state index contributed by atoms with van der Waals surface area (Å²) < 4.78 is 0. The van der Waals surface area contributed by atoms with Crippen molar-refractivity contribution < 1.29 is 9.59 Å². The maximum atomic E-state index is 11.4. The molecule has 84 valence electrons. The molecule has 2 fully saturated rings. The zero-order chi connectivity index (χ0) is 10.7. The van der Waals surface area contributed by atoms with E-state index in [4.69, 9.17) is 0 Å². The van der Waals surface area contributed by atoms with E-state index in [2.05, 4.69) is 10.6 Å². The normalized spacial score (nSPS) is 21.6. The van der Waals surface area contributed by atoms with Crippen molar-refractivity contribution in [2.75, 3.05) is 39.3 Å². The summed E-state index contributed by atoms with van der Waals surface area (Å²) in [6.45, 7) is 4.26. The molecule has 2 N–H and O–H groups in total. The van der Waals surface area contributed by atoms with Crippen LogP contribution in [0.2, 0.25) is 0 Å². The van der Waals surface area contributed by atoms with Crippen LogP contribution in [0, 0.1) is 0 Å². The number of hydrogen-bond acceptors (Lipinski definition) is 2. The lowest BCUT2D eigenvalue weighted by atomic mass is 10.3. The molecule has 6 nitrogen and oxygen atoms in total. The summed E-state index contributed by atoms with van der Waals surface area (Å²) in [7, 11) is 0. The molecule has 0 aromatic heterocycles. The molecule has 2 aliphatic heterocycles. The second-order valence-corrected chi connectivity index (χ2v) is 3.79. The first-order valence-electron chi connectivity index (χ1n) is 5.33. The van der Waals surface area contributed by atoms with Crippen molar-refractivity contribution in [3.8, 4) is 0 Å². The van der Waals surface area contributed by atoms with Crippen LogP contribution in [0.3, 0.4) is 0 Å². The highest BCUT2D eigenvalue weighted by Crippen LogP contribution is 2.01. The molecule has 0 aromatic carbocycles. The van der Waals surface area contributed by atoms with Gasteiger partial charge in [-0.05, 0) is 6.42 Å². The van der Waals surface area contributed by atoms with E-state index in [0.717, 1.165) is 26.1 Å². The molecule has 6 heteroatoms. The summed E-state index contributed by atoms with van der Waals surface area (Å²) >= 11 is 0. The smallest absolute Gasteiger partial charge is 0.317 e. The Kier molecular flexibility index (Phi) is 2.94. The SMILES string of the molecule is O=C1NCCCN1CCN1CCNC1=O. The van der Waals surface area contributed by atoms with Gasteiger partial charge in [-0.15, -0.1) is 0 Å². The van der Waals surface area contributed by atoms with Crippen LogP contribution >= 0.6 is 0 Å². The number of carbonyl (C=O) groups excluding carboxylic acids is 2. The van der Waals surface area contributed by atoms with Gasteiger partial charge in [0.05, 0.1) is 0 Å². The molecule has 0 bridgehead atoms. The summed E-state index contributed by atoms with van der Waals surface area (Å²) in [6.07, 6.45) is 0.984. The number of carbonyl (C=O) groups is 2. The molecule has 2 rings (SSSR count). The second-order valence-electron chi connectivity index (χ2n) is 3.79. The monoisotopic (exact) mass is 212 g/mol. The fourth-order valence-electron chi connectivity index (χ4n) is 1.86. The minimum Gasteiger partial charge on any atom is -0.338 e. The molecule has 0 unspecified atom stereocenters. The molecule has 4 amide bonds. The number of nitrogens with one attached hydrogen (secondary N) is 2. The van der Waals surface area contributed by atoms with Crippen LogP contribution in [0.5, 0.6) is 0 Å². The fourth-order valence-corrected chi connectivity index (χ4v) is 1.86. The first kappa shape index (κ1) is 10.1. The van der Waals surface area contributed by atoms with E-state index in [1.54, 1.807) is 9.80 Å². The van der Waals surface area contributed by atoms with Crippen molar-refractivity contribution in [3.05, 3.63) is 0 Å². The Bertz CT molecular complexity index is 269. The zero-order valence-electron chi connectivity index (χ0n) is 8.66. The molecule has 2 heterocycles. The van der Waals surface area contributed by atoms with Gasteiger partial charge in [-0.25, -0.2) is 9.59 Å². The highest BCUT2D eigenvalue weighted by atomic mass is 16.2. The van der Waals surface area contributed by atoms with Gasteiger partial charge >= 0.3 is 12.1 Å².